The van der Waals surface area contributed by atoms with Crippen molar-refractivity contribution >= 4 is 27.6 Å². The zero-order valence-corrected chi connectivity index (χ0v) is 19.1. The fraction of sp³-hybridized carbons (Fsp3) is 0.261. The normalized spacial score (nSPS) is 11.5. The number of sulfone groups is 1. The van der Waals surface area contributed by atoms with Crippen molar-refractivity contribution in [3.63, 3.8) is 0 Å². The van der Waals surface area contributed by atoms with E-state index in [1.165, 1.54) is 6.26 Å². The summed E-state index contributed by atoms with van der Waals surface area (Å²) in [6.45, 7) is 4.11. The van der Waals surface area contributed by atoms with E-state index < -0.39 is 9.84 Å². The third-order valence-electron chi connectivity index (χ3n) is 4.90. The molecule has 0 saturated heterocycles. The van der Waals surface area contributed by atoms with Gasteiger partial charge in [0.15, 0.2) is 9.84 Å². The molecule has 158 valence electrons. The number of nitrogens with zero attached hydrogens (tertiary/aromatic N) is 1. The average Bonchev–Trinajstić information content (AvgIpc) is 3.04. The van der Waals surface area contributed by atoms with Gasteiger partial charge in [-0.1, -0.05) is 12.1 Å². The summed E-state index contributed by atoms with van der Waals surface area (Å²) in [4.78, 5) is 13.5. The number of esters is 1. The van der Waals surface area contributed by atoms with Crippen LogP contribution in [0.5, 0.6) is 0 Å². The summed E-state index contributed by atoms with van der Waals surface area (Å²) in [5.74, 6) is -0.269. The molecule has 0 aliphatic carbocycles. The first kappa shape index (κ1) is 22.2. The second-order valence-electron chi connectivity index (χ2n) is 6.95. The van der Waals surface area contributed by atoms with Gasteiger partial charge in [0.05, 0.1) is 23.6 Å². The Labute approximate surface area is 182 Å². The first-order valence-electron chi connectivity index (χ1n) is 9.56. The summed E-state index contributed by atoms with van der Waals surface area (Å²) in [5, 5.41) is 0. The molecule has 2 aromatic carbocycles. The minimum Gasteiger partial charge on any atom is -0.466 e. The van der Waals surface area contributed by atoms with Crippen LogP contribution in [0.15, 0.2) is 64.4 Å². The number of rotatable bonds is 7. The summed E-state index contributed by atoms with van der Waals surface area (Å²) >= 11 is 1.67. The molecule has 0 radical (unpaired) electrons. The van der Waals surface area contributed by atoms with Gasteiger partial charge >= 0.3 is 5.97 Å². The molecule has 0 bridgehead atoms. The van der Waals surface area contributed by atoms with E-state index in [0.717, 1.165) is 33.1 Å². The minimum absolute atomic E-state index is 0.185. The number of thioether (sulfide) groups is 1. The summed E-state index contributed by atoms with van der Waals surface area (Å²) in [7, 11) is -3.27. The van der Waals surface area contributed by atoms with Crippen LogP contribution in [-0.4, -0.2) is 38.1 Å². The molecule has 0 atom stereocenters. The lowest BCUT2D eigenvalue weighted by molar-refractivity contribution is -0.142. The molecule has 7 heteroatoms. The lowest BCUT2D eigenvalue weighted by Gasteiger charge is -2.13. The number of hydrogen-bond acceptors (Lipinski definition) is 5. The molecule has 1 heterocycles. The van der Waals surface area contributed by atoms with Gasteiger partial charge in [0, 0.05) is 22.5 Å². The molecule has 3 aromatic rings. The third-order valence-corrected chi connectivity index (χ3v) is 6.77. The van der Waals surface area contributed by atoms with Crippen molar-refractivity contribution in [2.45, 2.75) is 30.1 Å². The van der Waals surface area contributed by atoms with Gasteiger partial charge in [0.25, 0.3) is 0 Å². The summed E-state index contributed by atoms with van der Waals surface area (Å²) in [6.07, 6.45) is 3.41. The number of aromatic nitrogens is 1. The van der Waals surface area contributed by atoms with Crippen LogP contribution in [0, 0.1) is 6.92 Å². The Bertz CT molecular complexity index is 1150. The molecule has 0 aliphatic rings. The lowest BCUT2D eigenvalue weighted by Crippen LogP contribution is -2.08. The van der Waals surface area contributed by atoms with Gasteiger partial charge in [-0.25, -0.2) is 8.42 Å². The average molecular weight is 444 g/mol. The number of carbonyl (C=O) groups is 1. The molecular formula is C23H25NO4S2. The van der Waals surface area contributed by atoms with Crippen molar-refractivity contribution in [2.24, 2.45) is 0 Å². The zero-order chi connectivity index (χ0) is 21.9. The molecule has 0 spiro atoms. The van der Waals surface area contributed by atoms with E-state index in [-0.39, 0.29) is 17.3 Å². The molecule has 30 heavy (non-hydrogen) atoms. The second-order valence-corrected chi connectivity index (χ2v) is 9.85. The van der Waals surface area contributed by atoms with Crippen LogP contribution in [0.25, 0.3) is 16.9 Å². The highest BCUT2D eigenvalue weighted by molar-refractivity contribution is 7.98. The molecule has 5 nitrogen and oxygen atoms in total. The van der Waals surface area contributed by atoms with Crippen LogP contribution >= 0.6 is 11.8 Å². The summed E-state index contributed by atoms with van der Waals surface area (Å²) in [5.41, 5.74) is 4.56. The Balaban J connectivity index is 2.13. The molecule has 0 unspecified atom stereocenters. The third kappa shape index (κ3) is 4.79. The van der Waals surface area contributed by atoms with E-state index in [2.05, 4.69) is 16.7 Å². The van der Waals surface area contributed by atoms with Crippen molar-refractivity contribution in [3.8, 4) is 16.9 Å². The fourth-order valence-corrected chi connectivity index (χ4v) is 4.39. The first-order valence-corrected chi connectivity index (χ1v) is 12.7. The molecular weight excluding hydrogens is 418 g/mol. The van der Waals surface area contributed by atoms with Crippen LogP contribution in [0.4, 0.5) is 0 Å². The standard InChI is InChI=1S/C23H25NO4S2/c1-5-28-23(25)15-18-14-22(17-6-12-21(13-7-17)30(4,26)27)24(16(18)2)19-8-10-20(29-3)11-9-19/h6-14H,5,15H2,1-4H3. The van der Waals surface area contributed by atoms with Gasteiger partial charge in [0.2, 0.25) is 0 Å². The largest absolute Gasteiger partial charge is 0.466 e. The highest BCUT2D eigenvalue weighted by Gasteiger charge is 2.18. The Kier molecular flexibility index (Phi) is 6.73. The van der Waals surface area contributed by atoms with Gasteiger partial charge in [-0.15, -0.1) is 11.8 Å². The minimum atomic E-state index is -3.27. The van der Waals surface area contributed by atoms with Crippen LogP contribution in [-0.2, 0) is 25.8 Å². The molecule has 0 amide bonds. The van der Waals surface area contributed by atoms with E-state index in [4.69, 9.17) is 4.74 Å². The maximum Gasteiger partial charge on any atom is 0.310 e. The Morgan fingerprint density at radius 3 is 2.23 bits per heavy atom. The van der Waals surface area contributed by atoms with Gasteiger partial charge in [0.1, 0.15) is 0 Å². The van der Waals surface area contributed by atoms with Crippen molar-refractivity contribution < 1.29 is 17.9 Å². The molecule has 3 rings (SSSR count). The Morgan fingerprint density at radius 1 is 1.07 bits per heavy atom. The maximum absolute atomic E-state index is 12.1. The second kappa shape index (κ2) is 9.10. The molecule has 0 aliphatic heterocycles. The summed E-state index contributed by atoms with van der Waals surface area (Å²) in [6, 6.07) is 17.0. The molecule has 0 N–H and O–H groups in total. The maximum atomic E-state index is 12.1. The van der Waals surface area contributed by atoms with Crippen molar-refractivity contribution in [1.29, 1.82) is 0 Å². The van der Waals surface area contributed by atoms with E-state index in [1.54, 1.807) is 43.0 Å². The molecule has 0 fully saturated rings. The number of ether oxygens (including phenoxy) is 1. The van der Waals surface area contributed by atoms with Crippen molar-refractivity contribution in [3.05, 3.63) is 65.9 Å². The zero-order valence-electron chi connectivity index (χ0n) is 17.5. The highest BCUT2D eigenvalue weighted by Crippen LogP contribution is 2.31. The smallest absolute Gasteiger partial charge is 0.310 e. The van der Waals surface area contributed by atoms with Gasteiger partial charge < -0.3 is 9.30 Å². The quantitative estimate of drug-likeness (QED) is 0.392. The van der Waals surface area contributed by atoms with Gasteiger partial charge in [-0.3, -0.25) is 4.79 Å². The van der Waals surface area contributed by atoms with Crippen LogP contribution in [0.1, 0.15) is 18.2 Å². The fourth-order valence-electron chi connectivity index (χ4n) is 3.35. The topological polar surface area (TPSA) is 65.4 Å². The Morgan fingerprint density at radius 2 is 1.70 bits per heavy atom. The molecule has 0 saturated carbocycles. The van der Waals surface area contributed by atoms with Gasteiger partial charge in [-0.05, 0) is 73.7 Å². The number of hydrogen-bond donors (Lipinski definition) is 0. The van der Waals surface area contributed by atoms with Crippen LogP contribution in [0.2, 0.25) is 0 Å². The SMILES string of the molecule is CCOC(=O)Cc1cc(-c2ccc(S(C)(=O)=O)cc2)n(-c2ccc(SC)cc2)c1C. The van der Waals surface area contributed by atoms with Crippen LogP contribution in [0.3, 0.4) is 0 Å². The lowest BCUT2D eigenvalue weighted by atomic mass is 10.1. The monoisotopic (exact) mass is 443 g/mol. The van der Waals surface area contributed by atoms with E-state index in [1.807, 2.05) is 31.4 Å². The van der Waals surface area contributed by atoms with Crippen molar-refractivity contribution in [2.75, 3.05) is 19.1 Å². The predicted molar refractivity (Wildman–Crippen MR) is 121 cm³/mol. The molecule has 1 aromatic heterocycles. The highest BCUT2D eigenvalue weighted by atomic mass is 32.2. The predicted octanol–water partition coefficient (Wildman–Crippen LogP) is 4.68. The van der Waals surface area contributed by atoms with Crippen LogP contribution < -0.4 is 0 Å². The van der Waals surface area contributed by atoms with Crippen molar-refractivity contribution in [1.82, 2.24) is 4.57 Å². The van der Waals surface area contributed by atoms with E-state index in [9.17, 15) is 13.2 Å². The first-order chi connectivity index (χ1) is 14.2. The number of benzene rings is 2. The number of carbonyl (C=O) groups excluding carboxylic acids is 1. The summed E-state index contributed by atoms with van der Waals surface area (Å²) < 4.78 is 30.8. The van der Waals surface area contributed by atoms with Gasteiger partial charge in [-0.2, -0.15) is 0 Å². The van der Waals surface area contributed by atoms with E-state index >= 15 is 0 Å². The van der Waals surface area contributed by atoms with E-state index in [0.29, 0.717) is 6.61 Å². The Hall–Kier alpha value is -2.51.